The van der Waals surface area contributed by atoms with E-state index in [0.717, 1.165) is 5.56 Å². The Hall–Kier alpha value is -6.89. The highest BCUT2D eigenvalue weighted by Crippen LogP contribution is 2.38. The van der Waals surface area contributed by atoms with Crippen molar-refractivity contribution in [1.29, 1.82) is 0 Å². The van der Waals surface area contributed by atoms with E-state index in [1.54, 1.807) is 79.7 Å². The van der Waals surface area contributed by atoms with E-state index in [1.165, 1.54) is 24.3 Å². The number of phenols is 2. The number of carbonyl (C=O) groups excluding carboxylic acids is 1. The summed E-state index contributed by atoms with van der Waals surface area (Å²) >= 11 is 0. The fourth-order valence-electron chi connectivity index (χ4n) is 5.44. The fraction of sp³-hybridized carbons (Fsp3) is 0.105. The monoisotopic (exact) mass is 692 g/mol. The van der Waals surface area contributed by atoms with Gasteiger partial charge in [0.2, 0.25) is 0 Å². The van der Waals surface area contributed by atoms with E-state index in [0.29, 0.717) is 50.7 Å². The van der Waals surface area contributed by atoms with Crippen molar-refractivity contribution in [2.75, 3.05) is 23.0 Å². The molecule has 0 spiro atoms. The summed E-state index contributed by atoms with van der Waals surface area (Å²) in [5.41, 5.74) is 7.19. The molecule has 1 heterocycles. The first-order chi connectivity index (χ1) is 24.5. The quantitative estimate of drug-likeness (QED) is 0.0796. The molecule has 0 saturated heterocycles. The molecule has 0 fully saturated rings. The molecule has 6 rings (SSSR count). The van der Waals surface area contributed by atoms with Crippen molar-refractivity contribution in [2.45, 2.75) is 19.9 Å². The Morgan fingerprint density at radius 3 is 1.80 bits per heavy atom. The van der Waals surface area contributed by atoms with Crippen LogP contribution in [0.2, 0.25) is 0 Å². The lowest BCUT2D eigenvalue weighted by Gasteiger charge is -2.16. The van der Waals surface area contributed by atoms with Gasteiger partial charge in [0, 0.05) is 24.1 Å². The zero-order valence-electron chi connectivity index (χ0n) is 27.2. The number of ether oxygens (including phenoxy) is 1. The van der Waals surface area contributed by atoms with Crippen LogP contribution in [0.4, 0.5) is 26.5 Å². The van der Waals surface area contributed by atoms with Gasteiger partial charge < -0.3 is 36.2 Å². The molecule has 0 aliphatic heterocycles. The zero-order chi connectivity index (χ0) is 36.7. The maximum Gasteiger partial charge on any atom is 0.411 e. The number of carboxylic acid groups (broad SMARTS) is 2. The summed E-state index contributed by atoms with van der Waals surface area (Å²) in [6.45, 7) is 2.47. The molecule has 0 unspecified atom stereocenters. The van der Waals surface area contributed by atoms with Gasteiger partial charge in [-0.2, -0.15) is 0 Å². The SMILES string of the molecule is CCOC(=O)Nc1ccc(NCc2ccc(F)cc2)nc1N.O=C(O)c1cc2ccccc2c(Cc2c(O)c(C(=O)O)cc3ccccc23)c1O. The predicted molar refractivity (Wildman–Crippen MR) is 191 cm³/mol. The van der Waals surface area contributed by atoms with Crippen molar-refractivity contribution >= 4 is 56.9 Å². The molecule has 0 bridgehead atoms. The maximum absolute atomic E-state index is 12.8. The number of carboxylic acids is 2. The Balaban J connectivity index is 0.000000206. The lowest BCUT2D eigenvalue weighted by molar-refractivity contribution is 0.0682. The van der Waals surface area contributed by atoms with Crippen LogP contribution in [0, 0.1) is 5.82 Å². The number of nitrogens with two attached hydrogens (primary N) is 1. The highest BCUT2D eigenvalue weighted by Gasteiger charge is 2.22. The van der Waals surface area contributed by atoms with Gasteiger partial charge in [-0.25, -0.2) is 23.8 Å². The third kappa shape index (κ3) is 8.23. The molecular weight excluding hydrogens is 659 g/mol. The number of anilines is 3. The summed E-state index contributed by atoms with van der Waals surface area (Å²) in [7, 11) is 0. The molecule has 1 amide bonds. The van der Waals surface area contributed by atoms with Gasteiger partial charge >= 0.3 is 18.0 Å². The summed E-state index contributed by atoms with van der Waals surface area (Å²) in [6, 6.07) is 26.2. The van der Waals surface area contributed by atoms with Crippen molar-refractivity contribution in [1.82, 2.24) is 4.98 Å². The first-order valence-corrected chi connectivity index (χ1v) is 15.6. The summed E-state index contributed by atoms with van der Waals surface area (Å²) in [5, 5.41) is 48.4. The Morgan fingerprint density at radius 1 is 0.784 bits per heavy atom. The van der Waals surface area contributed by atoms with Gasteiger partial charge in [-0.05, 0) is 70.4 Å². The number of nitrogen functional groups attached to an aromatic ring is 1. The highest BCUT2D eigenvalue weighted by molar-refractivity contribution is 6.02. The summed E-state index contributed by atoms with van der Waals surface area (Å²) < 4.78 is 17.6. The number of pyridine rings is 1. The van der Waals surface area contributed by atoms with Crippen LogP contribution in [0.1, 0.15) is 44.3 Å². The summed E-state index contributed by atoms with van der Waals surface area (Å²) in [6.07, 6.45) is -0.621. The Morgan fingerprint density at radius 2 is 1.31 bits per heavy atom. The van der Waals surface area contributed by atoms with Crippen molar-refractivity contribution in [3.63, 3.8) is 0 Å². The van der Waals surface area contributed by atoms with Crippen LogP contribution < -0.4 is 16.4 Å². The number of rotatable bonds is 9. The van der Waals surface area contributed by atoms with Crippen molar-refractivity contribution in [2.24, 2.45) is 0 Å². The molecular formula is C38H33FN4O8. The topological polar surface area (TPSA) is 204 Å². The minimum atomic E-state index is -1.28. The molecule has 5 aromatic carbocycles. The van der Waals surface area contributed by atoms with E-state index in [2.05, 4.69) is 15.6 Å². The van der Waals surface area contributed by atoms with Gasteiger partial charge in [-0.3, -0.25) is 5.32 Å². The molecule has 12 nitrogen and oxygen atoms in total. The van der Waals surface area contributed by atoms with Gasteiger partial charge in [-0.15, -0.1) is 0 Å². The van der Waals surface area contributed by atoms with E-state index < -0.39 is 29.5 Å². The number of halogens is 1. The Kier molecular flexibility index (Phi) is 10.8. The summed E-state index contributed by atoms with van der Waals surface area (Å²) in [4.78, 5) is 38.7. The average molecular weight is 693 g/mol. The molecule has 51 heavy (non-hydrogen) atoms. The van der Waals surface area contributed by atoms with Crippen LogP contribution in [0.25, 0.3) is 21.5 Å². The highest BCUT2D eigenvalue weighted by atomic mass is 19.1. The zero-order valence-corrected chi connectivity index (χ0v) is 27.2. The minimum absolute atomic E-state index is 0.0407. The number of carbonyl (C=O) groups is 3. The predicted octanol–water partition coefficient (Wildman–Crippen LogP) is 7.37. The normalized spacial score (nSPS) is 10.6. The summed E-state index contributed by atoms with van der Waals surface area (Å²) in [5.74, 6) is -2.90. The second-order valence-electron chi connectivity index (χ2n) is 11.2. The largest absolute Gasteiger partial charge is 0.507 e. The second-order valence-corrected chi connectivity index (χ2v) is 11.2. The van der Waals surface area contributed by atoms with Gasteiger partial charge in [0.15, 0.2) is 0 Å². The van der Waals surface area contributed by atoms with Crippen LogP contribution >= 0.6 is 0 Å². The molecule has 0 atom stereocenters. The average Bonchev–Trinajstić information content (AvgIpc) is 3.11. The molecule has 1 aromatic heterocycles. The Labute approximate surface area is 290 Å². The molecule has 0 saturated carbocycles. The molecule has 13 heteroatoms. The maximum atomic E-state index is 12.8. The van der Waals surface area contributed by atoms with Crippen molar-refractivity contribution in [3.8, 4) is 11.5 Å². The number of amides is 1. The van der Waals surface area contributed by atoms with Crippen molar-refractivity contribution in [3.05, 3.63) is 131 Å². The van der Waals surface area contributed by atoms with Crippen LogP contribution in [0.5, 0.6) is 11.5 Å². The second kappa shape index (κ2) is 15.6. The van der Waals surface area contributed by atoms with Gasteiger partial charge in [0.25, 0.3) is 0 Å². The molecule has 0 radical (unpaired) electrons. The fourth-order valence-corrected chi connectivity index (χ4v) is 5.44. The van der Waals surface area contributed by atoms with E-state index >= 15 is 0 Å². The van der Waals surface area contributed by atoms with Crippen LogP contribution in [0.3, 0.4) is 0 Å². The van der Waals surface area contributed by atoms with E-state index in [1.807, 2.05) is 0 Å². The van der Waals surface area contributed by atoms with Crippen LogP contribution in [-0.4, -0.2) is 50.0 Å². The number of nitrogens with one attached hydrogen (secondary N) is 2. The number of aromatic nitrogens is 1. The third-order valence-electron chi connectivity index (χ3n) is 7.89. The first kappa shape index (κ1) is 35.4. The van der Waals surface area contributed by atoms with E-state index in [-0.39, 0.29) is 35.8 Å². The van der Waals surface area contributed by atoms with Crippen molar-refractivity contribution < 1.29 is 43.9 Å². The first-order valence-electron chi connectivity index (χ1n) is 15.6. The van der Waals surface area contributed by atoms with Gasteiger partial charge in [0.05, 0.1) is 12.3 Å². The number of hydrogen-bond acceptors (Lipinski definition) is 9. The molecule has 6 aromatic rings. The standard InChI is InChI=1S/C23H16O6.C15H17FN4O2/c24-20-16(14-7-3-1-5-12(14)9-18(20)22(26)27)11-17-15-8-4-2-6-13(15)10-19(21(17)25)23(28)29;1-2-22-15(21)19-12-7-8-13(20-14(12)17)18-9-10-3-5-11(16)6-4-10/h1-10,24-25H,11H2,(H,26,27)(H,28,29);3-8H,2,9H2,1H3,(H,19,21)(H3,17,18,20). The number of hydrogen-bond donors (Lipinski definition) is 7. The number of fused-ring (bicyclic) bond motifs is 2. The van der Waals surface area contributed by atoms with E-state index in [4.69, 9.17) is 10.5 Å². The molecule has 0 aliphatic carbocycles. The molecule has 260 valence electrons. The smallest absolute Gasteiger partial charge is 0.411 e. The number of nitrogens with zero attached hydrogens (tertiary/aromatic N) is 1. The lowest BCUT2D eigenvalue weighted by atomic mass is 9.90. The number of benzene rings is 5. The van der Waals surface area contributed by atoms with Gasteiger partial charge in [0.1, 0.15) is 40.1 Å². The Bertz CT molecular complexity index is 2160. The number of aromatic hydroxyl groups is 2. The number of aromatic carboxylic acids is 2. The third-order valence-corrected chi connectivity index (χ3v) is 7.89. The minimum Gasteiger partial charge on any atom is -0.507 e. The molecule has 0 aliphatic rings. The molecule has 8 N–H and O–H groups in total. The van der Waals surface area contributed by atoms with E-state index in [9.17, 15) is 39.2 Å². The van der Waals surface area contributed by atoms with Gasteiger partial charge in [-0.1, -0.05) is 60.7 Å². The van der Waals surface area contributed by atoms with Crippen LogP contribution in [0.15, 0.2) is 97.1 Å². The lowest BCUT2D eigenvalue weighted by Crippen LogP contribution is -2.15. The van der Waals surface area contributed by atoms with Crippen LogP contribution in [-0.2, 0) is 17.7 Å².